The molecule has 14 heavy (non-hydrogen) atoms. The fourth-order valence-electron chi connectivity index (χ4n) is 1.30. The number of rotatable bonds is 4. The summed E-state index contributed by atoms with van der Waals surface area (Å²) in [5.74, 6) is 2.55. The molecule has 1 unspecified atom stereocenters. The van der Waals surface area contributed by atoms with Gasteiger partial charge in [-0.05, 0) is 31.9 Å². The summed E-state index contributed by atoms with van der Waals surface area (Å²) in [6, 6.07) is 5.66. The fourth-order valence-corrected chi connectivity index (χ4v) is 1.30. The monoisotopic (exact) mass is 189 g/mol. The first-order chi connectivity index (χ1) is 6.74. The summed E-state index contributed by atoms with van der Waals surface area (Å²) in [4.78, 5) is 4.25. The van der Waals surface area contributed by atoms with Gasteiger partial charge in [0, 0.05) is 12.1 Å². The van der Waals surface area contributed by atoms with E-state index in [1.807, 2.05) is 25.1 Å². The molecule has 0 spiro atoms. The molecular formula is C12H15NO. The summed E-state index contributed by atoms with van der Waals surface area (Å²) in [6.07, 6.45) is 6.88. The zero-order valence-corrected chi connectivity index (χ0v) is 8.40. The third-order valence-corrected chi connectivity index (χ3v) is 2.05. The van der Waals surface area contributed by atoms with E-state index in [1.54, 1.807) is 0 Å². The number of hydrogen-bond donors (Lipinski definition) is 1. The summed E-state index contributed by atoms with van der Waals surface area (Å²) in [6.45, 7) is 1.91. The van der Waals surface area contributed by atoms with Crippen molar-refractivity contribution >= 4 is 0 Å². The molecule has 1 atom stereocenters. The van der Waals surface area contributed by atoms with Crippen LogP contribution in [0.15, 0.2) is 18.2 Å². The third-order valence-electron chi connectivity index (χ3n) is 2.05. The molecule has 0 aliphatic rings. The second-order valence-electron chi connectivity index (χ2n) is 3.32. The molecule has 0 aromatic carbocycles. The molecule has 1 heterocycles. The van der Waals surface area contributed by atoms with Crippen LogP contribution < -0.4 is 0 Å². The molecule has 0 saturated heterocycles. The first-order valence-corrected chi connectivity index (χ1v) is 4.79. The Balaban J connectivity index is 2.52. The predicted octanol–water partition coefficient (Wildman–Crippen LogP) is 2.23. The molecular weight excluding hydrogens is 174 g/mol. The largest absolute Gasteiger partial charge is 0.387 e. The van der Waals surface area contributed by atoms with Gasteiger partial charge in [0.05, 0.1) is 11.8 Å². The van der Waals surface area contributed by atoms with Crippen LogP contribution in [0.4, 0.5) is 0 Å². The Bertz CT molecular complexity index is 327. The van der Waals surface area contributed by atoms with Crippen LogP contribution in [0.2, 0.25) is 0 Å². The van der Waals surface area contributed by atoms with Crippen molar-refractivity contribution in [3.05, 3.63) is 29.6 Å². The molecule has 0 aliphatic carbocycles. The van der Waals surface area contributed by atoms with Crippen molar-refractivity contribution in [2.75, 3.05) is 0 Å². The number of hydrogen-bond acceptors (Lipinski definition) is 2. The first kappa shape index (κ1) is 10.7. The molecule has 0 saturated carbocycles. The SMILES string of the molecule is C#CCCCC(O)c1cccc(C)n1. The summed E-state index contributed by atoms with van der Waals surface area (Å²) < 4.78 is 0. The van der Waals surface area contributed by atoms with Crippen LogP contribution in [0.1, 0.15) is 36.8 Å². The Morgan fingerprint density at radius 1 is 1.57 bits per heavy atom. The molecule has 74 valence electrons. The molecule has 1 aromatic rings. The van der Waals surface area contributed by atoms with Gasteiger partial charge in [0.2, 0.25) is 0 Å². The van der Waals surface area contributed by atoms with Crippen LogP contribution in [-0.4, -0.2) is 10.1 Å². The van der Waals surface area contributed by atoms with Gasteiger partial charge in [0.1, 0.15) is 0 Å². The van der Waals surface area contributed by atoms with E-state index in [0.29, 0.717) is 12.8 Å². The van der Waals surface area contributed by atoms with Gasteiger partial charge in [-0.25, -0.2) is 0 Å². The molecule has 0 bridgehead atoms. The second kappa shape index (κ2) is 5.41. The number of aryl methyl sites for hydroxylation is 1. The first-order valence-electron chi connectivity index (χ1n) is 4.79. The van der Waals surface area contributed by atoms with Gasteiger partial charge in [-0.3, -0.25) is 4.98 Å². The second-order valence-corrected chi connectivity index (χ2v) is 3.32. The Kier molecular flexibility index (Phi) is 4.15. The van der Waals surface area contributed by atoms with E-state index in [-0.39, 0.29) is 0 Å². The van der Waals surface area contributed by atoms with Crippen LogP contribution >= 0.6 is 0 Å². The Hall–Kier alpha value is -1.33. The normalized spacial score (nSPS) is 12.1. The molecule has 2 nitrogen and oxygen atoms in total. The van der Waals surface area contributed by atoms with E-state index < -0.39 is 6.10 Å². The summed E-state index contributed by atoms with van der Waals surface area (Å²) in [7, 11) is 0. The maximum absolute atomic E-state index is 9.74. The zero-order valence-electron chi connectivity index (χ0n) is 8.40. The number of aromatic nitrogens is 1. The fraction of sp³-hybridized carbons (Fsp3) is 0.417. The van der Waals surface area contributed by atoms with Crippen LogP contribution in [0.25, 0.3) is 0 Å². The van der Waals surface area contributed by atoms with Crippen molar-refractivity contribution < 1.29 is 5.11 Å². The average Bonchev–Trinajstić information content (AvgIpc) is 2.18. The number of aliphatic hydroxyl groups is 1. The van der Waals surface area contributed by atoms with Crippen molar-refractivity contribution in [1.82, 2.24) is 4.98 Å². The van der Waals surface area contributed by atoms with Crippen molar-refractivity contribution in [1.29, 1.82) is 0 Å². The van der Waals surface area contributed by atoms with Crippen LogP contribution in [-0.2, 0) is 0 Å². The van der Waals surface area contributed by atoms with E-state index in [2.05, 4.69) is 10.9 Å². The Morgan fingerprint density at radius 3 is 3.00 bits per heavy atom. The van der Waals surface area contributed by atoms with E-state index in [9.17, 15) is 5.11 Å². The number of terminal acetylenes is 1. The number of nitrogens with zero attached hydrogens (tertiary/aromatic N) is 1. The van der Waals surface area contributed by atoms with Crippen molar-refractivity contribution in [3.8, 4) is 12.3 Å². The van der Waals surface area contributed by atoms with Crippen molar-refractivity contribution in [2.45, 2.75) is 32.3 Å². The molecule has 1 N–H and O–H groups in total. The quantitative estimate of drug-likeness (QED) is 0.582. The molecule has 0 radical (unpaired) electrons. The lowest BCUT2D eigenvalue weighted by Crippen LogP contribution is -2.00. The Morgan fingerprint density at radius 2 is 2.36 bits per heavy atom. The molecule has 2 heteroatoms. The van der Waals surface area contributed by atoms with E-state index in [1.165, 1.54) is 0 Å². The molecule has 1 rings (SSSR count). The lowest BCUT2D eigenvalue weighted by Gasteiger charge is -2.09. The zero-order chi connectivity index (χ0) is 10.4. The van der Waals surface area contributed by atoms with Crippen molar-refractivity contribution in [2.24, 2.45) is 0 Å². The van der Waals surface area contributed by atoms with Gasteiger partial charge in [-0.2, -0.15) is 0 Å². The maximum Gasteiger partial charge on any atom is 0.0960 e. The standard InChI is InChI=1S/C12H15NO/c1-3-4-5-9-12(14)11-8-6-7-10(2)13-11/h1,6-8,12,14H,4-5,9H2,2H3. The average molecular weight is 189 g/mol. The lowest BCUT2D eigenvalue weighted by molar-refractivity contribution is 0.160. The summed E-state index contributed by atoms with van der Waals surface area (Å²) in [5, 5.41) is 9.74. The van der Waals surface area contributed by atoms with E-state index >= 15 is 0 Å². The molecule has 0 aliphatic heterocycles. The molecule has 0 fully saturated rings. The van der Waals surface area contributed by atoms with Gasteiger partial charge in [-0.1, -0.05) is 6.07 Å². The Labute approximate surface area is 85.0 Å². The van der Waals surface area contributed by atoms with Crippen molar-refractivity contribution in [3.63, 3.8) is 0 Å². The number of pyridine rings is 1. The molecule has 0 amide bonds. The summed E-state index contributed by atoms with van der Waals surface area (Å²) >= 11 is 0. The van der Waals surface area contributed by atoms with Gasteiger partial charge in [0.15, 0.2) is 0 Å². The highest BCUT2D eigenvalue weighted by Crippen LogP contribution is 2.16. The minimum Gasteiger partial charge on any atom is -0.387 e. The summed E-state index contributed by atoms with van der Waals surface area (Å²) in [5.41, 5.74) is 1.67. The minimum absolute atomic E-state index is 0.483. The van der Waals surface area contributed by atoms with Gasteiger partial charge >= 0.3 is 0 Å². The highest BCUT2D eigenvalue weighted by atomic mass is 16.3. The highest BCUT2D eigenvalue weighted by molar-refractivity contribution is 5.11. The lowest BCUT2D eigenvalue weighted by atomic mass is 10.1. The van der Waals surface area contributed by atoms with E-state index in [4.69, 9.17) is 6.42 Å². The van der Waals surface area contributed by atoms with E-state index in [0.717, 1.165) is 17.8 Å². The minimum atomic E-state index is -0.483. The van der Waals surface area contributed by atoms with Crippen LogP contribution in [0, 0.1) is 19.3 Å². The molecule has 1 aromatic heterocycles. The maximum atomic E-state index is 9.74. The smallest absolute Gasteiger partial charge is 0.0960 e. The van der Waals surface area contributed by atoms with Gasteiger partial charge in [-0.15, -0.1) is 12.3 Å². The number of unbranched alkanes of at least 4 members (excludes halogenated alkanes) is 1. The van der Waals surface area contributed by atoms with Gasteiger partial charge in [0.25, 0.3) is 0 Å². The topological polar surface area (TPSA) is 33.1 Å². The third kappa shape index (κ3) is 3.20. The highest BCUT2D eigenvalue weighted by Gasteiger charge is 2.07. The predicted molar refractivity (Wildman–Crippen MR) is 56.6 cm³/mol. The van der Waals surface area contributed by atoms with Crippen LogP contribution in [0.5, 0.6) is 0 Å². The van der Waals surface area contributed by atoms with Gasteiger partial charge < -0.3 is 5.11 Å². The number of aliphatic hydroxyl groups excluding tert-OH is 1. The van der Waals surface area contributed by atoms with Crippen LogP contribution in [0.3, 0.4) is 0 Å².